The van der Waals surface area contributed by atoms with Crippen molar-refractivity contribution in [2.75, 3.05) is 24.6 Å². The smallest absolute Gasteiger partial charge is 0.335 e. The molecule has 1 fully saturated rings. The van der Waals surface area contributed by atoms with Gasteiger partial charge in [-0.05, 0) is 18.2 Å². The van der Waals surface area contributed by atoms with Gasteiger partial charge in [0.2, 0.25) is 0 Å². The van der Waals surface area contributed by atoms with Gasteiger partial charge in [0.05, 0.1) is 17.1 Å². The minimum absolute atomic E-state index is 0.0287. The Bertz CT molecular complexity index is 586. The van der Waals surface area contributed by atoms with E-state index < -0.39 is 21.6 Å². The Balaban J connectivity index is 2.11. The monoisotopic (exact) mass is 287 g/mol. The van der Waals surface area contributed by atoms with Crippen LogP contribution >= 0.6 is 0 Å². The first-order chi connectivity index (χ1) is 8.87. The van der Waals surface area contributed by atoms with E-state index in [4.69, 9.17) is 5.11 Å². The molecule has 1 aliphatic heterocycles. The van der Waals surface area contributed by atoms with Gasteiger partial charge in [0.1, 0.15) is 5.82 Å². The van der Waals surface area contributed by atoms with Crippen LogP contribution in [0.3, 0.4) is 0 Å². The summed E-state index contributed by atoms with van der Waals surface area (Å²) in [5.74, 6) is -1.46. The number of hydrogen-bond donors (Lipinski definition) is 1. The fourth-order valence-corrected chi connectivity index (χ4v) is 3.26. The standard InChI is InChI=1S/C12H14FNO4S/c13-11-2-1-9(12(15)16)7-10(11)8-14-3-5-19(17,18)6-4-14/h1-2,7H,3-6,8H2,(H,15,16). The predicted molar refractivity (Wildman–Crippen MR) is 67.3 cm³/mol. The second-order valence-corrected chi connectivity index (χ2v) is 6.84. The van der Waals surface area contributed by atoms with Gasteiger partial charge >= 0.3 is 5.97 Å². The molecule has 0 amide bonds. The van der Waals surface area contributed by atoms with Crippen LogP contribution in [0.1, 0.15) is 15.9 Å². The second kappa shape index (κ2) is 5.26. The summed E-state index contributed by atoms with van der Waals surface area (Å²) in [5, 5.41) is 8.86. The molecule has 1 aliphatic rings. The van der Waals surface area contributed by atoms with Crippen LogP contribution in [0, 0.1) is 5.82 Å². The maximum absolute atomic E-state index is 13.6. The molecule has 104 valence electrons. The van der Waals surface area contributed by atoms with Crippen LogP contribution in [-0.2, 0) is 16.4 Å². The Morgan fingerprint density at radius 3 is 2.53 bits per heavy atom. The highest BCUT2D eigenvalue weighted by Crippen LogP contribution is 2.15. The summed E-state index contributed by atoms with van der Waals surface area (Å²) >= 11 is 0. The summed E-state index contributed by atoms with van der Waals surface area (Å²) in [6, 6.07) is 3.63. The van der Waals surface area contributed by atoms with E-state index in [-0.39, 0.29) is 29.2 Å². The van der Waals surface area contributed by atoms with Crippen LogP contribution < -0.4 is 0 Å². The summed E-state index contributed by atoms with van der Waals surface area (Å²) in [7, 11) is -2.97. The maximum atomic E-state index is 13.6. The van der Waals surface area contributed by atoms with Gasteiger partial charge in [-0.15, -0.1) is 0 Å². The third kappa shape index (κ3) is 3.51. The Kier molecular flexibility index (Phi) is 3.86. The van der Waals surface area contributed by atoms with Crippen LogP contribution in [0.25, 0.3) is 0 Å². The molecule has 0 spiro atoms. The average molecular weight is 287 g/mol. The van der Waals surface area contributed by atoms with E-state index in [1.807, 2.05) is 4.90 Å². The minimum Gasteiger partial charge on any atom is -0.478 e. The molecule has 0 saturated carbocycles. The zero-order chi connectivity index (χ0) is 14.0. The van der Waals surface area contributed by atoms with Crippen LogP contribution in [0.5, 0.6) is 0 Å². The Labute approximate surface area is 110 Å². The fourth-order valence-electron chi connectivity index (χ4n) is 1.98. The lowest BCUT2D eigenvalue weighted by molar-refractivity contribution is 0.0696. The molecule has 0 aliphatic carbocycles. The molecule has 0 atom stereocenters. The van der Waals surface area contributed by atoms with Gasteiger partial charge in [-0.1, -0.05) is 0 Å². The number of aromatic carboxylic acids is 1. The molecule has 5 nitrogen and oxygen atoms in total. The highest BCUT2D eigenvalue weighted by Gasteiger charge is 2.22. The zero-order valence-electron chi connectivity index (χ0n) is 10.2. The number of benzene rings is 1. The molecule has 0 radical (unpaired) electrons. The highest BCUT2D eigenvalue weighted by molar-refractivity contribution is 7.91. The zero-order valence-corrected chi connectivity index (χ0v) is 11.0. The van der Waals surface area contributed by atoms with E-state index in [1.54, 1.807) is 0 Å². The van der Waals surface area contributed by atoms with Crippen molar-refractivity contribution in [3.05, 3.63) is 35.1 Å². The first-order valence-electron chi connectivity index (χ1n) is 5.82. The van der Waals surface area contributed by atoms with Gasteiger partial charge in [0.25, 0.3) is 0 Å². The highest BCUT2D eigenvalue weighted by atomic mass is 32.2. The topological polar surface area (TPSA) is 74.7 Å². The van der Waals surface area contributed by atoms with Crippen LogP contribution in [0.2, 0.25) is 0 Å². The third-order valence-electron chi connectivity index (χ3n) is 3.12. The van der Waals surface area contributed by atoms with Gasteiger partial charge in [-0.2, -0.15) is 0 Å². The quantitative estimate of drug-likeness (QED) is 0.888. The number of sulfone groups is 1. The van der Waals surface area contributed by atoms with E-state index in [0.717, 1.165) is 6.07 Å². The third-order valence-corrected chi connectivity index (χ3v) is 4.73. The molecule has 0 aromatic heterocycles. The van der Waals surface area contributed by atoms with Crippen LogP contribution in [0.4, 0.5) is 4.39 Å². The Hall–Kier alpha value is -1.47. The van der Waals surface area contributed by atoms with Gasteiger partial charge in [0, 0.05) is 25.2 Å². The number of carbonyl (C=O) groups is 1. The van der Waals surface area contributed by atoms with Crippen molar-refractivity contribution >= 4 is 15.8 Å². The van der Waals surface area contributed by atoms with Crippen molar-refractivity contribution in [3.63, 3.8) is 0 Å². The normalized spacial score (nSPS) is 19.2. The molecule has 7 heteroatoms. The van der Waals surface area contributed by atoms with E-state index in [2.05, 4.69) is 0 Å². The van der Waals surface area contributed by atoms with Crippen molar-refractivity contribution in [1.29, 1.82) is 0 Å². The van der Waals surface area contributed by atoms with Gasteiger partial charge in [-0.25, -0.2) is 17.6 Å². The SMILES string of the molecule is O=C(O)c1ccc(F)c(CN2CCS(=O)(=O)CC2)c1. The molecule has 0 unspecified atom stereocenters. The fraction of sp³-hybridized carbons (Fsp3) is 0.417. The lowest BCUT2D eigenvalue weighted by Crippen LogP contribution is -2.39. The number of rotatable bonds is 3. The van der Waals surface area contributed by atoms with Crippen molar-refractivity contribution in [2.45, 2.75) is 6.54 Å². The number of carboxylic acids is 1. The molecule has 1 aromatic rings. The van der Waals surface area contributed by atoms with Crippen LogP contribution in [0.15, 0.2) is 18.2 Å². The first-order valence-corrected chi connectivity index (χ1v) is 7.64. The van der Waals surface area contributed by atoms with Gasteiger partial charge in [-0.3, -0.25) is 4.90 Å². The average Bonchev–Trinajstić information content (AvgIpc) is 2.34. The van der Waals surface area contributed by atoms with E-state index in [1.165, 1.54) is 12.1 Å². The summed E-state index contributed by atoms with van der Waals surface area (Å²) in [6.45, 7) is 0.917. The minimum atomic E-state index is -2.97. The van der Waals surface area contributed by atoms with E-state index >= 15 is 0 Å². The van der Waals surface area contributed by atoms with Crippen molar-refractivity contribution in [3.8, 4) is 0 Å². The molecule has 2 rings (SSSR count). The Morgan fingerprint density at radius 1 is 1.32 bits per heavy atom. The maximum Gasteiger partial charge on any atom is 0.335 e. The van der Waals surface area contributed by atoms with E-state index in [9.17, 15) is 17.6 Å². The summed E-state index contributed by atoms with van der Waals surface area (Å²) in [4.78, 5) is 12.6. The van der Waals surface area contributed by atoms with E-state index in [0.29, 0.717) is 13.1 Å². The van der Waals surface area contributed by atoms with Crippen molar-refractivity contribution in [1.82, 2.24) is 4.90 Å². The van der Waals surface area contributed by atoms with Crippen molar-refractivity contribution < 1.29 is 22.7 Å². The molecular weight excluding hydrogens is 273 g/mol. The lowest BCUT2D eigenvalue weighted by Gasteiger charge is -2.26. The van der Waals surface area contributed by atoms with Gasteiger partial charge < -0.3 is 5.11 Å². The number of halogens is 1. The van der Waals surface area contributed by atoms with Crippen molar-refractivity contribution in [2.24, 2.45) is 0 Å². The summed E-state index contributed by atoms with van der Waals surface area (Å²) in [5.41, 5.74) is 0.306. The largest absolute Gasteiger partial charge is 0.478 e. The molecule has 0 bridgehead atoms. The summed E-state index contributed by atoms with van der Waals surface area (Å²) in [6.07, 6.45) is 0. The Morgan fingerprint density at radius 2 is 1.95 bits per heavy atom. The number of nitrogens with zero attached hydrogens (tertiary/aromatic N) is 1. The number of hydrogen-bond acceptors (Lipinski definition) is 4. The molecule has 1 heterocycles. The predicted octanol–water partition coefficient (Wildman–Crippen LogP) is 0.754. The molecule has 1 saturated heterocycles. The lowest BCUT2D eigenvalue weighted by atomic mass is 10.1. The first kappa shape index (κ1) is 14.0. The molecule has 19 heavy (non-hydrogen) atoms. The molecular formula is C12H14FNO4S. The molecule has 1 N–H and O–H groups in total. The second-order valence-electron chi connectivity index (χ2n) is 4.54. The molecule has 1 aromatic carbocycles. The number of carboxylic acid groups (broad SMARTS) is 1. The van der Waals surface area contributed by atoms with Crippen LogP contribution in [-0.4, -0.2) is 49.0 Å². The van der Waals surface area contributed by atoms with Gasteiger partial charge in [0.15, 0.2) is 9.84 Å². The summed E-state index contributed by atoms with van der Waals surface area (Å²) < 4.78 is 36.2.